The van der Waals surface area contributed by atoms with Crippen LogP contribution in [0.3, 0.4) is 0 Å². The largest absolute Gasteiger partial charge is 0.466 e. The molecular weight excluding hydrogens is 619 g/mol. The van der Waals surface area contributed by atoms with Crippen LogP contribution in [0.4, 0.5) is 37.2 Å². The first kappa shape index (κ1) is 34.1. The molecule has 4 amide bonds. The summed E-state index contributed by atoms with van der Waals surface area (Å²) in [5, 5.41) is 17.7. The Morgan fingerprint density at radius 1 is 1.07 bits per heavy atom. The number of nitriles is 1. The number of hydrogen-bond acceptors (Lipinski definition) is 8. The number of methoxy groups -OCH3 is 2. The summed E-state index contributed by atoms with van der Waals surface area (Å²) in [7, 11) is 2.40. The SMILES string of the molecule is COCC1=C(C(=O)OC)[C@H](c2ccc(F)c(F)c2)N(C(=O)NCCNC2CCN(c3ccc(C(F)(F)F)cc3C#N)CC2)C(=O)N1. The minimum absolute atomic E-state index is 0.00757. The maximum absolute atomic E-state index is 14.2. The van der Waals surface area contributed by atoms with E-state index in [9.17, 15) is 41.6 Å². The van der Waals surface area contributed by atoms with Crippen LogP contribution in [0.2, 0.25) is 0 Å². The molecule has 0 bridgehead atoms. The van der Waals surface area contributed by atoms with Gasteiger partial charge in [0.1, 0.15) is 12.1 Å². The molecule has 1 atom stereocenters. The van der Waals surface area contributed by atoms with Gasteiger partial charge in [-0.15, -0.1) is 0 Å². The van der Waals surface area contributed by atoms with Crippen LogP contribution < -0.4 is 20.9 Å². The normalized spacial score (nSPS) is 17.4. The van der Waals surface area contributed by atoms with Crippen LogP contribution in [-0.2, 0) is 20.4 Å². The van der Waals surface area contributed by atoms with E-state index in [0.717, 1.165) is 37.4 Å². The van der Waals surface area contributed by atoms with Crippen molar-refractivity contribution in [2.75, 3.05) is 51.9 Å². The van der Waals surface area contributed by atoms with Crippen molar-refractivity contribution < 1.29 is 45.8 Å². The summed E-state index contributed by atoms with van der Waals surface area (Å²) in [6, 6.07) is 4.33. The van der Waals surface area contributed by atoms with Crippen molar-refractivity contribution in [1.82, 2.24) is 20.9 Å². The fourth-order valence-electron chi connectivity index (χ4n) is 5.41. The first-order valence-corrected chi connectivity index (χ1v) is 14.1. The molecule has 2 aliphatic rings. The molecule has 3 N–H and O–H groups in total. The monoisotopic (exact) mass is 650 g/mol. The summed E-state index contributed by atoms with van der Waals surface area (Å²) in [6.07, 6.45) is -3.36. The number of halogens is 5. The van der Waals surface area contributed by atoms with E-state index in [1.807, 2.05) is 11.0 Å². The van der Waals surface area contributed by atoms with E-state index in [1.54, 1.807) is 0 Å². The van der Waals surface area contributed by atoms with Gasteiger partial charge in [-0.05, 0) is 48.7 Å². The molecule has 11 nitrogen and oxygen atoms in total. The molecule has 4 rings (SSSR count). The lowest BCUT2D eigenvalue weighted by Gasteiger charge is -2.37. The van der Waals surface area contributed by atoms with Crippen LogP contribution in [0.25, 0.3) is 0 Å². The number of urea groups is 2. The number of nitrogens with zero attached hydrogens (tertiary/aromatic N) is 3. The predicted octanol–water partition coefficient (Wildman–Crippen LogP) is 3.96. The minimum atomic E-state index is -4.55. The lowest BCUT2D eigenvalue weighted by atomic mass is 9.93. The molecule has 1 fully saturated rings. The van der Waals surface area contributed by atoms with Crippen LogP contribution in [0.5, 0.6) is 0 Å². The van der Waals surface area contributed by atoms with Gasteiger partial charge in [0.2, 0.25) is 0 Å². The molecular formula is C30H31F5N6O5. The lowest BCUT2D eigenvalue weighted by molar-refractivity contribution is -0.138. The fourth-order valence-corrected chi connectivity index (χ4v) is 5.41. The number of nitrogens with one attached hydrogen (secondary N) is 3. The maximum atomic E-state index is 14.2. The zero-order valence-corrected chi connectivity index (χ0v) is 24.8. The third kappa shape index (κ3) is 7.54. The highest BCUT2D eigenvalue weighted by Crippen LogP contribution is 2.36. The molecule has 0 spiro atoms. The Bertz CT molecular complexity index is 1550. The van der Waals surface area contributed by atoms with Crippen LogP contribution >= 0.6 is 0 Å². The average molecular weight is 651 g/mol. The van der Waals surface area contributed by atoms with Crippen LogP contribution in [0.15, 0.2) is 47.7 Å². The predicted molar refractivity (Wildman–Crippen MR) is 153 cm³/mol. The Kier molecular flexibility index (Phi) is 10.8. The van der Waals surface area contributed by atoms with Gasteiger partial charge >= 0.3 is 24.2 Å². The standard InChI is InChI=1S/C30H31F5N6O5/c1-45-16-23-25(27(42)46-2)26(17-3-5-21(31)22(32)14-17)41(29(44)39-23)28(43)38-10-9-37-20-7-11-40(12-8-20)24-6-4-19(30(33,34)35)13-18(24)15-36/h3-6,13-14,20,26,37H,7-12,16H2,1-2H3,(H,38,43)(H,39,44)/t26-/m0/s1. The highest BCUT2D eigenvalue weighted by molar-refractivity contribution is 6.01. The van der Waals surface area contributed by atoms with Crippen LogP contribution in [0, 0.1) is 23.0 Å². The molecule has 246 valence electrons. The number of imide groups is 1. The van der Waals surface area contributed by atoms with E-state index in [0.29, 0.717) is 36.5 Å². The smallest absolute Gasteiger partial charge is 0.416 e. The number of esters is 1. The van der Waals surface area contributed by atoms with Gasteiger partial charge in [0, 0.05) is 39.3 Å². The van der Waals surface area contributed by atoms with Crippen molar-refractivity contribution in [2.45, 2.75) is 31.1 Å². The molecule has 0 radical (unpaired) electrons. The van der Waals surface area contributed by atoms with Gasteiger partial charge in [-0.2, -0.15) is 18.4 Å². The van der Waals surface area contributed by atoms with Crippen molar-refractivity contribution >= 4 is 23.7 Å². The Balaban J connectivity index is 1.39. The van der Waals surface area contributed by atoms with Crippen molar-refractivity contribution in [1.29, 1.82) is 5.26 Å². The first-order chi connectivity index (χ1) is 21.9. The molecule has 2 aromatic rings. The van der Waals surface area contributed by atoms with Crippen molar-refractivity contribution in [3.8, 4) is 6.07 Å². The van der Waals surface area contributed by atoms with E-state index in [2.05, 4.69) is 16.0 Å². The molecule has 2 heterocycles. The Morgan fingerprint density at radius 2 is 1.78 bits per heavy atom. The second-order valence-corrected chi connectivity index (χ2v) is 10.5. The number of rotatable bonds is 9. The fraction of sp³-hybridized carbons (Fsp3) is 0.400. The lowest BCUT2D eigenvalue weighted by Crippen LogP contribution is -2.56. The molecule has 2 aliphatic heterocycles. The van der Waals surface area contributed by atoms with E-state index in [4.69, 9.17) is 9.47 Å². The van der Waals surface area contributed by atoms with Gasteiger partial charge in [-0.1, -0.05) is 6.07 Å². The van der Waals surface area contributed by atoms with Crippen molar-refractivity contribution in [2.24, 2.45) is 0 Å². The van der Waals surface area contributed by atoms with Crippen LogP contribution in [0.1, 0.15) is 35.6 Å². The second-order valence-electron chi connectivity index (χ2n) is 10.5. The number of carbonyl (C=O) groups is 3. The van der Waals surface area contributed by atoms with Gasteiger partial charge in [0.25, 0.3) is 0 Å². The number of carbonyl (C=O) groups excluding carboxylic acids is 3. The molecule has 16 heteroatoms. The number of alkyl halides is 3. The topological polar surface area (TPSA) is 136 Å². The molecule has 46 heavy (non-hydrogen) atoms. The highest BCUT2D eigenvalue weighted by atomic mass is 19.4. The van der Waals surface area contributed by atoms with Crippen molar-refractivity contribution in [3.63, 3.8) is 0 Å². The summed E-state index contributed by atoms with van der Waals surface area (Å²) in [5.74, 6) is -3.34. The van der Waals surface area contributed by atoms with E-state index >= 15 is 0 Å². The third-order valence-electron chi connectivity index (χ3n) is 7.62. The Hall–Kier alpha value is -4.75. The van der Waals surface area contributed by atoms with Gasteiger partial charge in [0.05, 0.1) is 41.8 Å². The number of anilines is 1. The zero-order chi connectivity index (χ0) is 33.6. The number of benzene rings is 2. The molecule has 0 aromatic heterocycles. The number of amides is 4. The Labute approximate surface area is 260 Å². The van der Waals surface area contributed by atoms with Gasteiger partial charge in [-0.25, -0.2) is 28.1 Å². The highest BCUT2D eigenvalue weighted by Gasteiger charge is 2.43. The minimum Gasteiger partial charge on any atom is -0.466 e. The third-order valence-corrected chi connectivity index (χ3v) is 7.62. The molecule has 1 saturated heterocycles. The number of ether oxygens (including phenoxy) is 2. The van der Waals surface area contributed by atoms with E-state index in [-0.39, 0.29) is 48.1 Å². The summed E-state index contributed by atoms with van der Waals surface area (Å²) in [4.78, 5) is 41.7. The number of piperidine rings is 1. The average Bonchev–Trinajstić information content (AvgIpc) is 3.03. The molecule has 0 aliphatic carbocycles. The van der Waals surface area contributed by atoms with E-state index in [1.165, 1.54) is 13.2 Å². The zero-order valence-electron chi connectivity index (χ0n) is 24.8. The molecule has 0 saturated carbocycles. The molecule has 0 unspecified atom stereocenters. The van der Waals surface area contributed by atoms with Crippen molar-refractivity contribution in [3.05, 3.63) is 76.0 Å². The van der Waals surface area contributed by atoms with E-state index < -0.39 is 47.4 Å². The summed E-state index contributed by atoms with van der Waals surface area (Å²) < 4.78 is 77.1. The maximum Gasteiger partial charge on any atom is 0.416 e. The summed E-state index contributed by atoms with van der Waals surface area (Å²) in [6.45, 7) is 0.999. The Morgan fingerprint density at radius 3 is 2.39 bits per heavy atom. The summed E-state index contributed by atoms with van der Waals surface area (Å²) in [5.41, 5.74) is -0.808. The summed E-state index contributed by atoms with van der Waals surface area (Å²) >= 11 is 0. The molecule has 2 aromatic carbocycles. The number of hydrogen-bond donors (Lipinski definition) is 3. The van der Waals surface area contributed by atoms with Gasteiger partial charge in [0.15, 0.2) is 11.6 Å². The quantitative estimate of drug-likeness (QED) is 0.211. The second kappa shape index (κ2) is 14.6. The van der Waals surface area contributed by atoms with Gasteiger partial charge < -0.3 is 30.3 Å². The van der Waals surface area contributed by atoms with Gasteiger partial charge in [-0.3, -0.25) is 0 Å². The van der Waals surface area contributed by atoms with Crippen LogP contribution in [-0.4, -0.2) is 76.0 Å². The first-order valence-electron chi connectivity index (χ1n) is 14.1.